The molecule has 79 valence electrons. The van der Waals surface area contributed by atoms with Crippen LogP contribution in [0.5, 0.6) is 0 Å². The van der Waals surface area contributed by atoms with Gasteiger partial charge in [0.05, 0.1) is 5.56 Å². The highest BCUT2D eigenvalue weighted by molar-refractivity contribution is 5.89. The molecule has 0 amide bonds. The summed E-state index contributed by atoms with van der Waals surface area (Å²) in [6.07, 6.45) is 0. The fourth-order valence-electron chi connectivity index (χ4n) is 1.44. The molecule has 2 aromatic carbocycles. The number of hydrogen-bond donors (Lipinski definition) is 1. The molecule has 3 heteroatoms. The summed E-state index contributed by atoms with van der Waals surface area (Å²) in [5.41, 5.74) is 0.958. The van der Waals surface area contributed by atoms with Gasteiger partial charge in [-0.2, -0.15) is 0 Å². The second-order valence-electron chi connectivity index (χ2n) is 3.29. The van der Waals surface area contributed by atoms with E-state index in [1.54, 1.807) is 24.3 Å². The van der Waals surface area contributed by atoms with Gasteiger partial charge >= 0.3 is 5.97 Å². The van der Waals surface area contributed by atoms with E-state index in [9.17, 15) is 9.18 Å². The average Bonchev–Trinajstić information content (AvgIpc) is 2.30. The molecule has 1 radical (unpaired) electrons. The van der Waals surface area contributed by atoms with Gasteiger partial charge in [-0.3, -0.25) is 0 Å². The lowest BCUT2D eigenvalue weighted by atomic mass is 10.0. The van der Waals surface area contributed by atoms with Crippen LogP contribution in [0.3, 0.4) is 0 Å². The molecule has 0 fully saturated rings. The van der Waals surface area contributed by atoms with Crippen LogP contribution in [0.4, 0.5) is 4.39 Å². The molecule has 0 aliphatic carbocycles. The molecule has 0 atom stereocenters. The van der Waals surface area contributed by atoms with Crippen LogP contribution in [0.1, 0.15) is 10.4 Å². The average molecular weight is 215 g/mol. The molecule has 16 heavy (non-hydrogen) atoms. The fourth-order valence-corrected chi connectivity index (χ4v) is 1.44. The first-order valence-corrected chi connectivity index (χ1v) is 4.68. The Labute approximate surface area is 92.0 Å². The molecule has 0 saturated carbocycles. The lowest BCUT2D eigenvalue weighted by Gasteiger charge is -2.04. The van der Waals surface area contributed by atoms with Crippen LogP contribution in [0, 0.1) is 11.9 Å². The number of rotatable bonds is 2. The Kier molecular flexibility index (Phi) is 2.68. The molecule has 0 aromatic heterocycles. The van der Waals surface area contributed by atoms with Crippen molar-refractivity contribution >= 4 is 5.97 Å². The predicted molar refractivity (Wildman–Crippen MR) is 57.6 cm³/mol. The maximum atomic E-state index is 13.5. The maximum Gasteiger partial charge on any atom is 0.335 e. The van der Waals surface area contributed by atoms with Gasteiger partial charge in [-0.05, 0) is 35.9 Å². The Bertz CT molecular complexity index is 521. The Morgan fingerprint density at radius 1 is 1.31 bits per heavy atom. The van der Waals surface area contributed by atoms with Gasteiger partial charge in [0.15, 0.2) is 0 Å². The molecule has 0 spiro atoms. The third-order valence-electron chi connectivity index (χ3n) is 2.23. The second kappa shape index (κ2) is 4.14. The summed E-state index contributed by atoms with van der Waals surface area (Å²) in [5, 5.41) is 8.82. The second-order valence-corrected chi connectivity index (χ2v) is 3.29. The molecule has 0 unspecified atom stereocenters. The summed E-state index contributed by atoms with van der Waals surface area (Å²) in [5.74, 6) is -1.51. The molecule has 2 nitrogen and oxygen atoms in total. The highest BCUT2D eigenvalue weighted by Gasteiger charge is 2.09. The van der Waals surface area contributed by atoms with E-state index < -0.39 is 11.8 Å². The zero-order valence-corrected chi connectivity index (χ0v) is 8.27. The van der Waals surface area contributed by atoms with Gasteiger partial charge in [-0.25, -0.2) is 9.18 Å². The van der Waals surface area contributed by atoms with Crippen molar-refractivity contribution in [3.8, 4) is 11.1 Å². The predicted octanol–water partition coefficient (Wildman–Crippen LogP) is 2.99. The van der Waals surface area contributed by atoms with E-state index in [1.807, 2.05) is 0 Å². The van der Waals surface area contributed by atoms with Crippen molar-refractivity contribution in [1.29, 1.82) is 0 Å². The zero-order valence-electron chi connectivity index (χ0n) is 8.27. The molecule has 1 N–H and O–H groups in total. The normalized spacial score (nSPS) is 10.1. The lowest BCUT2D eigenvalue weighted by molar-refractivity contribution is 0.0697. The minimum absolute atomic E-state index is 0.0697. The zero-order chi connectivity index (χ0) is 11.5. The fraction of sp³-hybridized carbons (Fsp3) is 0. The highest BCUT2D eigenvalue weighted by atomic mass is 19.1. The van der Waals surface area contributed by atoms with E-state index >= 15 is 0 Å². The summed E-state index contributed by atoms with van der Waals surface area (Å²) in [6, 6.07) is 13.3. The first-order valence-electron chi connectivity index (χ1n) is 4.68. The smallest absolute Gasteiger partial charge is 0.335 e. The number of benzene rings is 2. The third kappa shape index (κ3) is 1.93. The largest absolute Gasteiger partial charge is 0.478 e. The van der Waals surface area contributed by atoms with Gasteiger partial charge in [-0.15, -0.1) is 0 Å². The van der Waals surface area contributed by atoms with Crippen molar-refractivity contribution in [3.05, 3.63) is 59.9 Å². The van der Waals surface area contributed by atoms with Gasteiger partial charge in [-0.1, -0.05) is 18.2 Å². The Morgan fingerprint density at radius 3 is 2.75 bits per heavy atom. The molecular formula is C13H8FO2. The monoisotopic (exact) mass is 215 g/mol. The van der Waals surface area contributed by atoms with Gasteiger partial charge in [0.2, 0.25) is 0 Å². The SMILES string of the molecule is O=C(O)c1ccc(F)c(-c2c[c]ccc2)c1. The van der Waals surface area contributed by atoms with Gasteiger partial charge < -0.3 is 5.11 Å². The van der Waals surface area contributed by atoms with Crippen LogP contribution in [0.15, 0.2) is 42.5 Å². The molecule has 0 aliphatic heterocycles. The van der Waals surface area contributed by atoms with Crippen LogP contribution in [-0.2, 0) is 0 Å². The standard InChI is InChI=1S/C13H8FO2/c14-12-7-6-10(13(15)16)8-11(12)9-4-2-1-3-5-9/h1-2,4-8H,(H,15,16). The van der Waals surface area contributed by atoms with E-state index in [4.69, 9.17) is 5.11 Å². The highest BCUT2D eigenvalue weighted by Crippen LogP contribution is 2.23. The lowest BCUT2D eigenvalue weighted by Crippen LogP contribution is -1.97. The molecule has 0 heterocycles. The maximum absolute atomic E-state index is 13.5. The van der Waals surface area contributed by atoms with Gasteiger partial charge in [0, 0.05) is 5.56 Å². The summed E-state index contributed by atoms with van der Waals surface area (Å²) in [6.45, 7) is 0. The first kappa shape index (κ1) is 10.4. The quantitative estimate of drug-likeness (QED) is 0.836. The van der Waals surface area contributed by atoms with E-state index in [-0.39, 0.29) is 11.1 Å². The van der Waals surface area contributed by atoms with Crippen molar-refractivity contribution in [1.82, 2.24) is 0 Å². The first-order chi connectivity index (χ1) is 7.68. The molecule has 0 bridgehead atoms. The molecule has 2 aromatic rings. The topological polar surface area (TPSA) is 37.3 Å². The number of aromatic carboxylic acids is 1. The summed E-state index contributed by atoms with van der Waals surface area (Å²) >= 11 is 0. The minimum Gasteiger partial charge on any atom is -0.478 e. The van der Waals surface area contributed by atoms with Crippen LogP contribution >= 0.6 is 0 Å². The number of carboxylic acids is 1. The van der Waals surface area contributed by atoms with E-state index in [2.05, 4.69) is 6.07 Å². The molecule has 2 rings (SSSR count). The van der Waals surface area contributed by atoms with Crippen LogP contribution in [-0.4, -0.2) is 11.1 Å². The van der Waals surface area contributed by atoms with Gasteiger partial charge in [0.25, 0.3) is 0 Å². The summed E-state index contributed by atoms with van der Waals surface area (Å²) in [7, 11) is 0. The Hall–Kier alpha value is -2.16. The Morgan fingerprint density at radius 2 is 2.12 bits per heavy atom. The van der Waals surface area contributed by atoms with E-state index in [0.717, 1.165) is 6.07 Å². The van der Waals surface area contributed by atoms with Crippen LogP contribution in [0.2, 0.25) is 0 Å². The van der Waals surface area contributed by atoms with Crippen LogP contribution < -0.4 is 0 Å². The summed E-state index contributed by atoms with van der Waals surface area (Å²) < 4.78 is 13.5. The number of carbonyl (C=O) groups is 1. The summed E-state index contributed by atoms with van der Waals surface area (Å²) in [4.78, 5) is 10.8. The number of hydrogen-bond acceptors (Lipinski definition) is 1. The van der Waals surface area contributed by atoms with Crippen molar-refractivity contribution in [2.24, 2.45) is 0 Å². The van der Waals surface area contributed by atoms with Crippen molar-refractivity contribution < 1.29 is 14.3 Å². The minimum atomic E-state index is -1.07. The van der Waals surface area contributed by atoms with Crippen molar-refractivity contribution in [2.45, 2.75) is 0 Å². The van der Waals surface area contributed by atoms with Crippen LogP contribution in [0.25, 0.3) is 11.1 Å². The number of carboxylic acid groups (broad SMARTS) is 1. The molecular weight excluding hydrogens is 207 g/mol. The molecule has 0 saturated heterocycles. The van der Waals surface area contributed by atoms with E-state index in [0.29, 0.717) is 5.56 Å². The van der Waals surface area contributed by atoms with Gasteiger partial charge in [0.1, 0.15) is 5.82 Å². The molecule has 0 aliphatic rings. The van der Waals surface area contributed by atoms with E-state index in [1.165, 1.54) is 12.1 Å². The van der Waals surface area contributed by atoms with Crippen molar-refractivity contribution in [2.75, 3.05) is 0 Å². The third-order valence-corrected chi connectivity index (χ3v) is 2.23. The number of halogens is 1. The Balaban J connectivity index is 2.56. The van der Waals surface area contributed by atoms with Crippen molar-refractivity contribution in [3.63, 3.8) is 0 Å².